The number of nitrogens with one attached hydrogen (secondary N) is 1. The molecule has 1 N–H and O–H groups in total. The van der Waals surface area contributed by atoms with Gasteiger partial charge in [-0.05, 0) is 19.3 Å². The Kier molecular flexibility index (Phi) is 3.04. The summed E-state index contributed by atoms with van der Waals surface area (Å²) in [5, 5.41) is 3.10. The summed E-state index contributed by atoms with van der Waals surface area (Å²) in [5.41, 5.74) is 1.01. The van der Waals surface area contributed by atoms with Gasteiger partial charge in [0, 0.05) is 4.88 Å². The SMILES string of the molecule is C#CC(=O)Nc1nc(CC)c(C)s1. The van der Waals surface area contributed by atoms with Gasteiger partial charge in [0.2, 0.25) is 0 Å². The normalized spacial score (nSPS) is 9.31. The number of hydrogen-bond acceptors (Lipinski definition) is 3. The van der Waals surface area contributed by atoms with Gasteiger partial charge in [0.05, 0.1) is 5.69 Å². The third kappa shape index (κ3) is 2.30. The van der Waals surface area contributed by atoms with Crippen molar-refractivity contribution in [2.24, 2.45) is 0 Å². The molecule has 1 rings (SSSR count). The first-order chi connectivity index (χ1) is 6.17. The number of aryl methyl sites for hydroxylation is 2. The largest absolute Gasteiger partial charge is 0.301 e. The number of rotatable bonds is 2. The fourth-order valence-corrected chi connectivity index (χ4v) is 1.84. The van der Waals surface area contributed by atoms with Crippen molar-refractivity contribution in [2.45, 2.75) is 20.3 Å². The van der Waals surface area contributed by atoms with Gasteiger partial charge in [-0.1, -0.05) is 6.92 Å². The summed E-state index contributed by atoms with van der Waals surface area (Å²) in [5.74, 6) is 1.53. The molecule has 1 heterocycles. The molecule has 0 radical (unpaired) electrons. The molecule has 0 bridgehead atoms. The smallest absolute Gasteiger partial charge is 0.291 e. The van der Waals surface area contributed by atoms with E-state index in [4.69, 9.17) is 6.42 Å². The molecule has 0 fully saturated rings. The average molecular weight is 194 g/mol. The van der Waals surface area contributed by atoms with Crippen LogP contribution in [0.4, 0.5) is 5.13 Å². The summed E-state index contributed by atoms with van der Waals surface area (Å²) < 4.78 is 0. The maximum atomic E-state index is 10.8. The lowest BCUT2D eigenvalue weighted by Crippen LogP contribution is -2.07. The van der Waals surface area contributed by atoms with Gasteiger partial charge >= 0.3 is 5.91 Å². The van der Waals surface area contributed by atoms with Crippen molar-refractivity contribution in [2.75, 3.05) is 5.32 Å². The molecule has 0 unspecified atom stereocenters. The molecule has 1 amide bonds. The first-order valence-electron chi connectivity index (χ1n) is 3.91. The van der Waals surface area contributed by atoms with Crippen LogP contribution in [0.3, 0.4) is 0 Å². The van der Waals surface area contributed by atoms with E-state index in [1.54, 1.807) is 0 Å². The van der Waals surface area contributed by atoms with Crippen LogP contribution in [-0.2, 0) is 11.2 Å². The van der Waals surface area contributed by atoms with Crippen molar-refractivity contribution < 1.29 is 4.79 Å². The van der Waals surface area contributed by atoms with Crippen LogP contribution >= 0.6 is 11.3 Å². The predicted molar refractivity (Wildman–Crippen MR) is 53.7 cm³/mol. The molecule has 0 atom stereocenters. The van der Waals surface area contributed by atoms with Gasteiger partial charge in [0.15, 0.2) is 5.13 Å². The highest BCUT2D eigenvalue weighted by Crippen LogP contribution is 2.21. The van der Waals surface area contributed by atoms with E-state index in [2.05, 4.69) is 10.3 Å². The zero-order valence-electron chi connectivity index (χ0n) is 7.55. The summed E-state index contributed by atoms with van der Waals surface area (Å²) in [7, 11) is 0. The number of carbonyl (C=O) groups is 1. The van der Waals surface area contributed by atoms with E-state index in [1.807, 2.05) is 19.8 Å². The van der Waals surface area contributed by atoms with Gasteiger partial charge < -0.3 is 0 Å². The Bertz CT molecular complexity index is 362. The van der Waals surface area contributed by atoms with Crippen LogP contribution < -0.4 is 5.32 Å². The number of nitrogens with zero attached hydrogens (tertiary/aromatic N) is 1. The Morgan fingerprint density at radius 3 is 2.92 bits per heavy atom. The van der Waals surface area contributed by atoms with Gasteiger partial charge in [-0.25, -0.2) is 4.98 Å². The number of amides is 1. The summed E-state index contributed by atoms with van der Waals surface area (Å²) in [6.07, 6.45) is 5.78. The van der Waals surface area contributed by atoms with Crippen LogP contribution in [0.2, 0.25) is 0 Å². The fraction of sp³-hybridized carbons (Fsp3) is 0.333. The minimum absolute atomic E-state index is 0.448. The molecule has 0 aliphatic heterocycles. The molecule has 0 spiro atoms. The van der Waals surface area contributed by atoms with Gasteiger partial charge in [0.1, 0.15) is 0 Å². The van der Waals surface area contributed by atoms with Crippen LogP contribution in [0, 0.1) is 19.3 Å². The van der Waals surface area contributed by atoms with Gasteiger partial charge in [-0.15, -0.1) is 17.8 Å². The van der Waals surface area contributed by atoms with E-state index in [0.717, 1.165) is 17.0 Å². The van der Waals surface area contributed by atoms with Crippen molar-refractivity contribution in [1.29, 1.82) is 0 Å². The molecular formula is C9H10N2OS. The molecule has 0 aromatic carbocycles. The second-order valence-corrected chi connectivity index (χ2v) is 3.68. The second-order valence-electron chi connectivity index (χ2n) is 2.47. The van der Waals surface area contributed by atoms with Crippen LogP contribution in [0.25, 0.3) is 0 Å². The van der Waals surface area contributed by atoms with E-state index in [0.29, 0.717) is 5.13 Å². The number of hydrogen-bond donors (Lipinski definition) is 1. The Morgan fingerprint density at radius 2 is 2.46 bits per heavy atom. The van der Waals surface area contributed by atoms with E-state index in [1.165, 1.54) is 11.3 Å². The first-order valence-corrected chi connectivity index (χ1v) is 4.73. The lowest BCUT2D eigenvalue weighted by molar-refractivity contribution is -0.111. The molecule has 1 aromatic rings. The van der Waals surface area contributed by atoms with E-state index in [-0.39, 0.29) is 0 Å². The fourth-order valence-electron chi connectivity index (χ4n) is 0.943. The molecule has 13 heavy (non-hydrogen) atoms. The lowest BCUT2D eigenvalue weighted by Gasteiger charge is -1.91. The molecule has 4 heteroatoms. The summed E-state index contributed by atoms with van der Waals surface area (Å²) in [6, 6.07) is 0. The molecule has 3 nitrogen and oxygen atoms in total. The molecule has 0 aliphatic carbocycles. The quantitative estimate of drug-likeness (QED) is 0.726. The summed E-state index contributed by atoms with van der Waals surface area (Å²) in [4.78, 5) is 16.1. The second kappa shape index (κ2) is 4.06. The van der Waals surface area contributed by atoms with Crippen molar-refractivity contribution in [3.63, 3.8) is 0 Å². The third-order valence-electron chi connectivity index (χ3n) is 1.58. The predicted octanol–water partition coefficient (Wildman–Crippen LogP) is 1.59. The minimum Gasteiger partial charge on any atom is -0.291 e. The van der Waals surface area contributed by atoms with Crippen LogP contribution in [0.1, 0.15) is 17.5 Å². The van der Waals surface area contributed by atoms with E-state index in [9.17, 15) is 4.79 Å². The number of anilines is 1. The summed E-state index contributed by atoms with van der Waals surface area (Å²) in [6.45, 7) is 4.00. The van der Waals surface area contributed by atoms with Gasteiger partial charge in [0.25, 0.3) is 0 Å². The Balaban J connectivity index is 2.80. The van der Waals surface area contributed by atoms with Gasteiger partial charge in [-0.2, -0.15) is 0 Å². The molecule has 0 aliphatic rings. The summed E-state index contributed by atoms with van der Waals surface area (Å²) >= 11 is 1.44. The first kappa shape index (κ1) is 9.75. The number of aromatic nitrogens is 1. The standard InChI is InChI=1S/C9H10N2OS/c1-4-7-6(3)13-9(10-7)11-8(12)5-2/h2H,4H2,1,3H3,(H,10,11,12). The average Bonchev–Trinajstić information content (AvgIpc) is 2.46. The highest BCUT2D eigenvalue weighted by Gasteiger charge is 2.06. The van der Waals surface area contributed by atoms with Crippen LogP contribution in [-0.4, -0.2) is 10.9 Å². The maximum absolute atomic E-state index is 10.8. The zero-order chi connectivity index (χ0) is 9.84. The van der Waals surface area contributed by atoms with Crippen LogP contribution in [0.15, 0.2) is 0 Å². The number of carbonyl (C=O) groups excluding carboxylic acids is 1. The van der Waals surface area contributed by atoms with Crippen molar-refractivity contribution >= 4 is 22.4 Å². The highest BCUT2D eigenvalue weighted by molar-refractivity contribution is 7.15. The van der Waals surface area contributed by atoms with Crippen molar-refractivity contribution in [3.05, 3.63) is 10.6 Å². The molecule has 1 aromatic heterocycles. The van der Waals surface area contributed by atoms with Crippen molar-refractivity contribution in [3.8, 4) is 12.3 Å². The maximum Gasteiger partial charge on any atom is 0.301 e. The lowest BCUT2D eigenvalue weighted by atomic mass is 10.3. The molecule has 0 saturated carbocycles. The van der Waals surface area contributed by atoms with Gasteiger partial charge in [-0.3, -0.25) is 10.1 Å². The zero-order valence-corrected chi connectivity index (χ0v) is 8.36. The molecule has 68 valence electrons. The van der Waals surface area contributed by atoms with Crippen LogP contribution in [0.5, 0.6) is 0 Å². The van der Waals surface area contributed by atoms with Crippen molar-refractivity contribution in [1.82, 2.24) is 4.98 Å². The Hall–Kier alpha value is -1.34. The topological polar surface area (TPSA) is 42.0 Å². The number of thiazole rings is 1. The minimum atomic E-state index is -0.448. The monoisotopic (exact) mass is 194 g/mol. The number of terminal acetylenes is 1. The molecular weight excluding hydrogens is 184 g/mol. The highest BCUT2D eigenvalue weighted by atomic mass is 32.1. The van der Waals surface area contributed by atoms with E-state index < -0.39 is 5.91 Å². The Labute approximate surface area is 81.2 Å². The van der Waals surface area contributed by atoms with E-state index >= 15 is 0 Å². The Morgan fingerprint density at radius 1 is 1.77 bits per heavy atom. The third-order valence-corrected chi connectivity index (χ3v) is 2.51. The molecule has 0 saturated heterocycles.